The van der Waals surface area contributed by atoms with Crippen LogP contribution in [0.1, 0.15) is 45.4 Å². The zero-order chi connectivity index (χ0) is 13.2. The molecular weight excluding hydrogens is 226 g/mol. The lowest BCUT2D eigenvalue weighted by Crippen LogP contribution is -2.01. The Bertz CT molecular complexity index is 339. The molecule has 0 aliphatic heterocycles. The van der Waals surface area contributed by atoms with Crippen LogP contribution in [0.25, 0.3) is 0 Å². The number of benzene rings is 1. The van der Waals surface area contributed by atoms with E-state index in [1.54, 1.807) is 7.11 Å². The van der Waals surface area contributed by atoms with Crippen LogP contribution in [0, 0.1) is 0 Å². The Balaban J connectivity index is 2.23. The van der Waals surface area contributed by atoms with Crippen molar-refractivity contribution in [2.45, 2.75) is 45.4 Å². The number of methoxy groups -OCH3 is 1. The zero-order valence-corrected chi connectivity index (χ0v) is 11.6. The maximum Gasteiger partial charge on any atom is 0.146 e. The third kappa shape index (κ3) is 4.86. The van der Waals surface area contributed by atoms with Crippen LogP contribution in [0.2, 0.25) is 0 Å². The minimum Gasteiger partial charge on any atom is -0.494 e. The molecule has 1 aromatic carbocycles. The summed E-state index contributed by atoms with van der Waals surface area (Å²) < 4.78 is 10.8. The number of nitrogen functional groups attached to an aromatic ring is 1. The minimum atomic E-state index is 0.589. The first-order chi connectivity index (χ1) is 8.79. The van der Waals surface area contributed by atoms with Gasteiger partial charge in [0.1, 0.15) is 17.2 Å². The highest BCUT2D eigenvalue weighted by molar-refractivity contribution is 5.62. The van der Waals surface area contributed by atoms with Crippen molar-refractivity contribution in [2.75, 3.05) is 19.5 Å². The summed E-state index contributed by atoms with van der Waals surface area (Å²) in [5.41, 5.74) is 6.51. The van der Waals surface area contributed by atoms with Gasteiger partial charge in [-0.1, -0.05) is 45.1 Å². The number of nitrogens with two attached hydrogens (primary N) is 1. The molecule has 0 fully saturated rings. The van der Waals surface area contributed by atoms with Crippen molar-refractivity contribution in [3.05, 3.63) is 18.2 Å². The fraction of sp³-hybridized carbons (Fsp3) is 0.600. The molecule has 3 nitrogen and oxygen atoms in total. The van der Waals surface area contributed by atoms with Crippen molar-refractivity contribution in [3.63, 3.8) is 0 Å². The molecule has 0 saturated heterocycles. The van der Waals surface area contributed by atoms with E-state index < -0.39 is 0 Å². The molecular formula is C15H25NO2. The molecule has 3 heteroatoms. The fourth-order valence-electron chi connectivity index (χ4n) is 1.89. The second kappa shape index (κ2) is 8.67. The molecule has 1 rings (SSSR count). The van der Waals surface area contributed by atoms with E-state index in [0.29, 0.717) is 11.4 Å². The van der Waals surface area contributed by atoms with Gasteiger partial charge in [0, 0.05) is 0 Å². The molecule has 0 unspecified atom stereocenters. The maximum atomic E-state index is 5.92. The topological polar surface area (TPSA) is 44.5 Å². The Hall–Kier alpha value is -1.38. The summed E-state index contributed by atoms with van der Waals surface area (Å²) in [6.45, 7) is 2.96. The molecule has 2 N–H and O–H groups in total. The highest BCUT2D eigenvalue weighted by Gasteiger charge is 2.05. The molecule has 0 heterocycles. The summed E-state index contributed by atoms with van der Waals surface area (Å²) in [5, 5.41) is 0. The molecule has 0 atom stereocenters. The van der Waals surface area contributed by atoms with Crippen LogP contribution in [-0.4, -0.2) is 13.7 Å². The Labute approximate surface area is 110 Å². The second-order valence-corrected chi connectivity index (χ2v) is 4.49. The first-order valence-corrected chi connectivity index (χ1v) is 6.84. The van der Waals surface area contributed by atoms with Gasteiger partial charge >= 0.3 is 0 Å². The highest BCUT2D eigenvalue weighted by Crippen LogP contribution is 2.30. The number of hydrogen-bond donors (Lipinski definition) is 1. The van der Waals surface area contributed by atoms with Crippen LogP contribution >= 0.6 is 0 Å². The SMILES string of the molecule is CCCCCCCCOc1cccc(OC)c1N. The fourth-order valence-corrected chi connectivity index (χ4v) is 1.89. The van der Waals surface area contributed by atoms with Gasteiger partial charge in [0.25, 0.3) is 0 Å². The molecule has 0 spiro atoms. The third-order valence-corrected chi connectivity index (χ3v) is 3.00. The first kappa shape index (κ1) is 14.7. The zero-order valence-electron chi connectivity index (χ0n) is 11.6. The van der Waals surface area contributed by atoms with Crippen molar-refractivity contribution in [2.24, 2.45) is 0 Å². The van der Waals surface area contributed by atoms with Gasteiger partial charge in [-0.15, -0.1) is 0 Å². The average molecular weight is 251 g/mol. The van der Waals surface area contributed by atoms with Crippen molar-refractivity contribution in [1.29, 1.82) is 0 Å². The van der Waals surface area contributed by atoms with Gasteiger partial charge in [-0.25, -0.2) is 0 Å². The molecule has 0 saturated carbocycles. The number of anilines is 1. The first-order valence-electron chi connectivity index (χ1n) is 6.84. The van der Waals surface area contributed by atoms with E-state index in [9.17, 15) is 0 Å². The molecule has 102 valence electrons. The van der Waals surface area contributed by atoms with Gasteiger partial charge in [0.15, 0.2) is 0 Å². The van der Waals surface area contributed by atoms with Gasteiger partial charge in [-0.05, 0) is 18.6 Å². The van der Waals surface area contributed by atoms with E-state index in [2.05, 4.69) is 6.92 Å². The standard InChI is InChI=1S/C15H25NO2/c1-3-4-5-6-7-8-12-18-14-11-9-10-13(17-2)15(14)16/h9-11H,3-8,12,16H2,1-2H3. The largest absolute Gasteiger partial charge is 0.494 e. The minimum absolute atomic E-state index is 0.589. The Kier molecular flexibility index (Phi) is 7.07. The van der Waals surface area contributed by atoms with Gasteiger partial charge in [-0.2, -0.15) is 0 Å². The van der Waals surface area contributed by atoms with Crippen LogP contribution in [0.4, 0.5) is 5.69 Å². The Morgan fingerprint density at radius 1 is 1.00 bits per heavy atom. The smallest absolute Gasteiger partial charge is 0.146 e. The number of ether oxygens (including phenoxy) is 2. The summed E-state index contributed by atoms with van der Waals surface area (Å²) in [7, 11) is 1.61. The lowest BCUT2D eigenvalue weighted by atomic mass is 10.1. The Morgan fingerprint density at radius 3 is 2.39 bits per heavy atom. The summed E-state index contributed by atoms with van der Waals surface area (Å²) in [6, 6.07) is 5.62. The molecule has 0 radical (unpaired) electrons. The van der Waals surface area contributed by atoms with Crippen molar-refractivity contribution in [1.82, 2.24) is 0 Å². The van der Waals surface area contributed by atoms with E-state index >= 15 is 0 Å². The van der Waals surface area contributed by atoms with Crippen LogP contribution < -0.4 is 15.2 Å². The van der Waals surface area contributed by atoms with E-state index in [-0.39, 0.29) is 0 Å². The summed E-state index contributed by atoms with van der Waals surface area (Å²) in [4.78, 5) is 0. The highest BCUT2D eigenvalue weighted by atomic mass is 16.5. The van der Waals surface area contributed by atoms with Crippen molar-refractivity contribution < 1.29 is 9.47 Å². The molecule has 0 bridgehead atoms. The summed E-state index contributed by atoms with van der Waals surface area (Å²) in [5.74, 6) is 1.40. The second-order valence-electron chi connectivity index (χ2n) is 4.49. The van der Waals surface area contributed by atoms with Gasteiger partial charge in [-0.3, -0.25) is 0 Å². The average Bonchev–Trinajstić information content (AvgIpc) is 2.39. The molecule has 0 aliphatic carbocycles. The molecule has 18 heavy (non-hydrogen) atoms. The summed E-state index contributed by atoms with van der Waals surface area (Å²) in [6.07, 6.45) is 7.56. The van der Waals surface area contributed by atoms with Crippen LogP contribution in [0.3, 0.4) is 0 Å². The van der Waals surface area contributed by atoms with E-state index in [1.807, 2.05) is 18.2 Å². The predicted molar refractivity (Wildman–Crippen MR) is 76.3 cm³/mol. The van der Waals surface area contributed by atoms with Gasteiger partial charge in [0.05, 0.1) is 13.7 Å². The predicted octanol–water partition coefficient (Wildman–Crippen LogP) is 4.02. The van der Waals surface area contributed by atoms with Crippen LogP contribution in [0.15, 0.2) is 18.2 Å². The number of unbranched alkanes of at least 4 members (excludes halogenated alkanes) is 5. The number of hydrogen-bond acceptors (Lipinski definition) is 3. The van der Waals surface area contributed by atoms with Crippen LogP contribution in [-0.2, 0) is 0 Å². The van der Waals surface area contributed by atoms with Crippen molar-refractivity contribution in [3.8, 4) is 11.5 Å². The van der Waals surface area contributed by atoms with Gasteiger partial charge in [0.2, 0.25) is 0 Å². The molecule has 0 aliphatic rings. The van der Waals surface area contributed by atoms with Crippen molar-refractivity contribution >= 4 is 5.69 Å². The number of rotatable bonds is 9. The van der Waals surface area contributed by atoms with E-state index in [0.717, 1.165) is 18.8 Å². The summed E-state index contributed by atoms with van der Waals surface area (Å²) >= 11 is 0. The molecule has 0 aromatic heterocycles. The van der Waals surface area contributed by atoms with Gasteiger partial charge < -0.3 is 15.2 Å². The maximum absolute atomic E-state index is 5.92. The molecule has 0 amide bonds. The van der Waals surface area contributed by atoms with E-state index in [1.165, 1.54) is 32.1 Å². The van der Waals surface area contributed by atoms with Crippen LogP contribution in [0.5, 0.6) is 11.5 Å². The quantitative estimate of drug-likeness (QED) is 0.532. The third-order valence-electron chi connectivity index (χ3n) is 3.00. The number of para-hydroxylation sites is 1. The lowest BCUT2D eigenvalue weighted by Gasteiger charge is -2.11. The van der Waals surface area contributed by atoms with E-state index in [4.69, 9.17) is 15.2 Å². The monoisotopic (exact) mass is 251 g/mol. The molecule has 1 aromatic rings. The normalized spacial score (nSPS) is 10.3. The Morgan fingerprint density at radius 2 is 1.67 bits per heavy atom. The lowest BCUT2D eigenvalue weighted by molar-refractivity contribution is 0.304.